The fourth-order valence-corrected chi connectivity index (χ4v) is 7.01. The van der Waals surface area contributed by atoms with Gasteiger partial charge in [0.2, 0.25) is 0 Å². The highest BCUT2D eigenvalue weighted by molar-refractivity contribution is 6.18. The maximum atomic E-state index is 6.72. The van der Waals surface area contributed by atoms with Crippen molar-refractivity contribution in [2.24, 2.45) is 0 Å². The lowest BCUT2D eigenvalue weighted by atomic mass is 9.95. The molecule has 0 atom stereocenters. The van der Waals surface area contributed by atoms with E-state index >= 15 is 0 Å². The SMILES string of the molecule is c1ccc(-c2cc(-c3ccc(-c4cccc5c4oc4ccccc45)c4oc5ccccc5c34)nc(-c3ccc(-c4ccccn4)cc3)n2)cc1. The molecule has 50 heavy (non-hydrogen) atoms. The summed E-state index contributed by atoms with van der Waals surface area (Å²) in [5.74, 6) is 0.644. The summed E-state index contributed by atoms with van der Waals surface area (Å²) in [7, 11) is 0. The van der Waals surface area contributed by atoms with Crippen LogP contribution in [-0.4, -0.2) is 15.0 Å². The third kappa shape index (κ3) is 4.60. The fourth-order valence-electron chi connectivity index (χ4n) is 7.01. The number of hydrogen-bond donors (Lipinski definition) is 0. The molecule has 0 N–H and O–H groups in total. The van der Waals surface area contributed by atoms with Crippen LogP contribution in [0.4, 0.5) is 0 Å². The minimum absolute atomic E-state index is 0.644. The van der Waals surface area contributed by atoms with Crippen molar-refractivity contribution < 1.29 is 8.83 Å². The van der Waals surface area contributed by atoms with Gasteiger partial charge in [-0.1, -0.05) is 121 Å². The average Bonchev–Trinajstić information content (AvgIpc) is 3.78. The number of benzene rings is 6. The summed E-state index contributed by atoms with van der Waals surface area (Å²) in [6.07, 6.45) is 1.81. The van der Waals surface area contributed by atoms with Crippen LogP contribution in [-0.2, 0) is 0 Å². The molecule has 10 rings (SSSR count). The minimum atomic E-state index is 0.644. The molecule has 0 aliphatic rings. The zero-order valence-corrected chi connectivity index (χ0v) is 26.7. The third-order valence-electron chi connectivity index (χ3n) is 9.40. The number of para-hydroxylation sites is 3. The first kappa shape index (κ1) is 28.2. The quantitative estimate of drug-likeness (QED) is 0.187. The van der Waals surface area contributed by atoms with Crippen LogP contribution in [0.25, 0.3) is 100 Å². The van der Waals surface area contributed by atoms with Crippen LogP contribution in [0, 0.1) is 0 Å². The standard InChI is InChI=1S/C45H27N3O2/c1-2-11-28(12-3-1)38-27-39(48-45(47-38)30-22-20-29(21-23-30)37-17-8-9-26-46-37)35-25-24-34(44-42(35)36-14-5-7-19-41(36)50-44)33-16-10-15-32-31-13-4-6-18-40(31)49-43(32)33/h1-27H. The van der Waals surface area contributed by atoms with Gasteiger partial charge in [-0.15, -0.1) is 0 Å². The van der Waals surface area contributed by atoms with E-state index in [1.54, 1.807) is 0 Å². The number of rotatable bonds is 5. The van der Waals surface area contributed by atoms with Crippen molar-refractivity contribution in [3.05, 3.63) is 164 Å². The van der Waals surface area contributed by atoms with Gasteiger partial charge in [-0.3, -0.25) is 4.98 Å². The van der Waals surface area contributed by atoms with E-state index in [1.165, 1.54) is 0 Å². The molecule has 5 heteroatoms. The van der Waals surface area contributed by atoms with E-state index in [4.69, 9.17) is 18.8 Å². The van der Waals surface area contributed by atoms with Gasteiger partial charge in [-0.05, 0) is 36.4 Å². The Bertz CT molecular complexity index is 2850. The molecule has 0 fully saturated rings. The average molecular weight is 642 g/mol. The first-order valence-corrected chi connectivity index (χ1v) is 16.6. The maximum Gasteiger partial charge on any atom is 0.160 e. The highest BCUT2D eigenvalue weighted by Gasteiger charge is 2.22. The third-order valence-corrected chi connectivity index (χ3v) is 9.40. The number of pyridine rings is 1. The zero-order valence-electron chi connectivity index (χ0n) is 26.7. The van der Waals surface area contributed by atoms with Crippen LogP contribution in [0.1, 0.15) is 0 Å². The highest BCUT2D eigenvalue weighted by Crippen LogP contribution is 2.44. The minimum Gasteiger partial charge on any atom is -0.455 e. The van der Waals surface area contributed by atoms with Gasteiger partial charge in [0.15, 0.2) is 5.82 Å². The van der Waals surface area contributed by atoms with Crippen molar-refractivity contribution in [2.75, 3.05) is 0 Å². The van der Waals surface area contributed by atoms with Gasteiger partial charge in [0.1, 0.15) is 22.3 Å². The number of furan rings is 2. The zero-order chi connectivity index (χ0) is 33.0. The van der Waals surface area contributed by atoms with E-state index in [1.807, 2.05) is 72.9 Å². The summed E-state index contributed by atoms with van der Waals surface area (Å²) < 4.78 is 13.2. The molecule has 234 valence electrons. The summed E-state index contributed by atoms with van der Waals surface area (Å²) >= 11 is 0. The molecule has 0 bridgehead atoms. The molecule has 4 heterocycles. The van der Waals surface area contributed by atoms with Crippen LogP contribution < -0.4 is 0 Å². The van der Waals surface area contributed by atoms with Crippen LogP contribution in [0.15, 0.2) is 173 Å². The van der Waals surface area contributed by atoms with Crippen LogP contribution in [0.2, 0.25) is 0 Å². The summed E-state index contributed by atoms with van der Waals surface area (Å²) in [6.45, 7) is 0. The van der Waals surface area contributed by atoms with Crippen molar-refractivity contribution in [2.45, 2.75) is 0 Å². The number of nitrogens with zero attached hydrogens (tertiary/aromatic N) is 3. The summed E-state index contributed by atoms with van der Waals surface area (Å²) in [5.41, 5.74) is 11.8. The molecule has 0 unspecified atom stereocenters. The molecular weight excluding hydrogens is 615 g/mol. The molecule has 10 aromatic rings. The van der Waals surface area contributed by atoms with Crippen molar-refractivity contribution >= 4 is 43.9 Å². The Labute approximate surface area is 287 Å². The highest BCUT2D eigenvalue weighted by atomic mass is 16.3. The Hall–Kier alpha value is -6.85. The van der Waals surface area contributed by atoms with E-state index < -0.39 is 0 Å². The molecule has 0 saturated carbocycles. The number of aromatic nitrogens is 3. The van der Waals surface area contributed by atoms with E-state index in [9.17, 15) is 0 Å². The Morgan fingerprint density at radius 1 is 0.380 bits per heavy atom. The van der Waals surface area contributed by atoms with Crippen LogP contribution in [0.5, 0.6) is 0 Å². The lowest BCUT2D eigenvalue weighted by Gasteiger charge is -2.12. The lowest BCUT2D eigenvalue weighted by Crippen LogP contribution is -1.96. The lowest BCUT2D eigenvalue weighted by molar-refractivity contribution is 0.665. The molecule has 5 nitrogen and oxygen atoms in total. The van der Waals surface area contributed by atoms with E-state index in [0.717, 1.165) is 94.3 Å². The molecule has 0 aliphatic heterocycles. The topological polar surface area (TPSA) is 65.0 Å². The predicted octanol–water partition coefficient (Wildman–Crippen LogP) is 12.0. The largest absolute Gasteiger partial charge is 0.455 e. The Kier molecular flexibility index (Phi) is 6.42. The van der Waals surface area contributed by atoms with E-state index in [0.29, 0.717) is 5.82 Å². The van der Waals surface area contributed by atoms with E-state index in [-0.39, 0.29) is 0 Å². The molecule has 0 radical (unpaired) electrons. The smallest absolute Gasteiger partial charge is 0.160 e. The maximum absolute atomic E-state index is 6.72. The molecule has 4 aromatic heterocycles. The fraction of sp³-hybridized carbons (Fsp3) is 0. The monoisotopic (exact) mass is 641 g/mol. The van der Waals surface area contributed by atoms with Gasteiger partial charge in [-0.2, -0.15) is 0 Å². The van der Waals surface area contributed by atoms with Gasteiger partial charge in [0, 0.05) is 61.1 Å². The second-order valence-electron chi connectivity index (χ2n) is 12.4. The second kappa shape index (κ2) is 11.4. The molecular formula is C45H27N3O2. The second-order valence-corrected chi connectivity index (χ2v) is 12.4. The van der Waals surface area contributed by atoms with E-state index in [2.05, 4.69) is 96.0 Å². The molecule has 0 aliphatic carbocycles. The van der Waals surface area contributed by atoms with Gasteiger partial charge < -0.3 is 8.83 Å². The predicted molar refractivity (Wildman–Crippen MR) is 202 cm³/mol. The van der Waals surface area contributed by atoms with Crippen molar-refractivity contribution in [1.29, 1.82) is 0 Å². The van der Waals surface area contributed by atoms with Crippen molar-refractivity contribution in [3.8, 4) is 56.3 Å². The summed E-state index contributed by atoms with van der Waals surface area (Å²) in [6, 6.07) is 53.5. The summed E-state index contributed by atoms with van der Waals surface area (Å²) in [4.78, 5) is 14.8. The van der Waals surface area contributed by atoms with Crippen LogP contribution >= 0.6 is 0 Å². The van der Waals surface area contributed by atoms with Gasteiger partial charge in [0.25, 0.3) is 0 Å². The van der Waals surface area contributed by atoms with Crippen LogP contribution in [0.3, 0.4) is 0 Å². The Balaban J connectivity index is 1.20. The molecule has 0 saturated heterocycles. The van der Waals surface area contributed by atoms with Gasteiger partial charge >= 0.3 is 0 Å². The number of hydrogen-bond acceptors (Lipinski definition) is 5. The first-order chi connectivity index (χ1) is 24.8. The number of fused-ring (bicyclic) bond motifs is 6. The molecule has 0 spiro atoms. The Morgan fingerprint density at radius 2 is 1.00 bits per heavy atom. The van der Waals surface area contributed by atoms with Gasteiger partial charge in [0.05, 0.1) is 17.1 Å². The van der Waals surface area contributed by atoms with Gasteiger partial charge in [-0.25, -0.2) is 9.97 Å². The van der Waals surface area contributed by atoms with Crippen molar-refractivity contribution in [1.82, 2.24) is 15.0 Å². The normalized spacial score (nSPS) is 11.6. The Morgan fingerprint density at radius 3 is 1.82 bits per heavy atom. The first-order valence-electron chi connectivity index (χ1n) is 16.6. The summed E-state index contributed by atoms with van der Waals surface area (Å²) in [5, 5.41) is 4.20. The van der Waals surface area contributed by atoms with Crippen molar-refractivity contribution in [3.63, 3.8) is 0 Å². The molecule has 6 aromatic carbocycles. The molecule has 0 amide bonds.